The van der Waals surface area contributed by atoms with E-state index in [0.717, 1.165) is 44.2 Å². The number of rotatable bonds is 4. The van der Waals surface area contributed by atoms with Gasteiger partial charge in [-0.3, -0.25) is 0 Å². The van der Waals surface area contributed by atoms with E-state index < -0.39 is 9.84 Å². The maximum atomic E-state index is 12.8. The van der Waals surface area contributed by atoms with Crippen LogP contribution >= 0.6 is 0 Å². The molecule has 0 spiro atoms. The summed E-state index contributed by atoms with van der Waals surface area (Å²) in [7, 11) is -3.83. The molecule has 3 aromatic rings. The Morgan fingerprint density at radius 1 is 1.00 bits per heavy atom. The first kappa shape index (κ1) is 17.9. The average Bonchev–Trinajstić information content (AvgIpc) is 3.48. The largest absolute Gasteiger partial charge is 0.322 e. The maximum absolute atomic E-state index is 12.8. The van der Waals surface area contributed by atoms with Crippen molar-refractivity contribution in [1.29, 1.82) is 0 Å². The van der Waals surface area contributed by atoms with Crippen molar-refractivity contribution in [3.05, 3.63) is 64.0 Å². The van der Waals surface area contributed by atoms with Crippen LogP contribution in [-0.4, -0.2) is 23.6 Å². The quantitative estimate of drug-likeness (QED) is 0.642. The topological polar surface area (TPSA) is 92.1 Å². The minimum atomic E-state index is -3.83. The van der Waals surface area contributed by atoms with Gasteiger partial charge in [0.1, 0.15) is 0 Å². The fraction of sp³-hybridized carbons (Fsp3) is 0.286. The van der Waals surface area contributed by atoms with Crippen LogP contribution in [0.25, 0.3) is 4.85 Å². The number of nitrogens with one attached hydrogen (secondary N) is 2. The van der Waals surface area contributed by atoms with E-state index in [1.807, 2.05) is 0 Å². The maximum Gasteiger partial charge on any atom is 0.249 e. The Kier molecular flexibility index (Phi) is 4.14. The zero-order valence-corrected chi connectivity index (χ0v) is 16.5. The number of anilines is 2. The number of fused-ring (bicyclic) bond motifs is 2. The summed E-state index contributed by atoms with van der Waals surface area (Å²) in [6, 6.07) is 8.12. The van der Waals surface area contributed by atoms with Gasteiger partial charge in [-0.05, 0) is 60.8 Å². The third-order valence-corrected chi connectivity index (χ3v) is 7.29. The Morgan fingerprint density at radius 3 is 2.28 bits per heavy atom. The Balaban J connectivity index is 1.48. The van der Waals surface area contributed by atoms with Gasteiger partial charge >= 0.3 is 0 Å². The molecule has 0 saturated carbocycles. The van der Waals surface area contributed by atoms with E-state index in [1.54, 1.807) is 0 Å². The number of hydrogen-bond donors (Lipinski definition) is 2. The first-order valence-corrected chi connectivity index (χ1v) is 11.1. The number of aryl methyl sites for hydroxylation is 2. The van der Waals surface area contributed by atoms with Crippen molar-refractivity contribution in [3.8, 4) is 0 Å². The molecule has 29 heavy (non-hydrogen) atoms. The molecule has 8 heteroatoms. The van der Waals surface area contributed by atoms with Crippen molar-refractivity contribution in [2.45, 2.75) is 48.6 Å². The lowest BCUT2D eigenvalue weighted by Gasteiger charge is -2.15. The molecule has 2 N–H and O–H groups in total. The van der Waals surface area contributed by atoms with Crippen LogP contribution in [0.4, 0.5) is 17.3 Å². The van der Waals surface area contributed by atoms with Crippen molar-refractivity contribution in [1.82, 2.24) is 15.2 Å². The molecule has 0 atom stereocenters. The molecular weight excluding hydrogens is 386 g/mol. The molecule has 1 heterocycles. The lowest BCUT2D eigenvalue weighted by Crippen LogP contribution is -2.05. The minimum absolute atomic E-state index is 0.0779. The second kappa shape index (κ2) is 6.71. The van der Waals surface area contributed by atoms with Crippen molar-refractivity contribution in [2.75, 3.05) is 5.32 Å². The van der Waals surface area contributed by atoms with E-state index in [2.05, 4.69) is 31.4 Å². The van der Waals surface area contributed by atoms with E-state index in [4.69, 9.17) is 6.57 Å². The van der Waals surface area contributed by atoms with Gasteiger partial charge in [-0.1, -0.05) is 30.3 Å². The molecule has 2 aliphatic carbocycles. The first-order chi connectivity index (χ1) is 14.1. The Morgan fingerprint density at radius 2 is 1.66 bits per heavy atom. The van der Waals surface area contributed by atoms with Crippen LogP contribution in [0.15, 0.2) is 40.4 Å². The molecule has 0 bridgehead atoms. The molecule has 0 unspecified atom stereocenters. The molecule has 1 aromatic heterocycles. The van der Waals surface area contributed by atoms with Gasteiger partial charge in [-0.2, -0.15) is 4.98 Å². The molecular formula is C21H19N5O2S. The van der Waals surface area contributed by atoms with E-state index >= 15 is 0 Å². The number of nitrogens with zero attached hydrogens (tertiary/aromatic N) is 3. The number of H-pyrrole nitrogens is 1. The summed E-state index contributed by atoms with van der Waals surface area (Å²) in [4.78, 5) is 7.58. The van der Waals surface area contributed by atoms with E-state index in [9.17, 15) is 8.42 Å². The number of sulfone groups is 1. The second-order valence-corrected chi connectivity index (χ2v) is 9.30. The van der Waals surface area contributed by atoms with Crippen molar-refractivity contribution < 1.29 is 8.42 Å². The first-order valence-electron chi connectivity index (χ1n) is 9.65. The molecule has 7 nitrogen and oxygen atoms in total. The summed E-state index contributed by atoms with van der Waals surface area (Å²) in [6.07, 6.45) is 6.50. The summed E-state index contributed by atoms with van der Waals surface area (Å²) >= 11 is 0. The van der Waals surface area contributed by atoms with Crippen LogP contribution in [0.1, 0.15) is 35.1 Å². The van der Waals surface area contributed by atoms with Gasteiger partial charge in [0.15, 0.2) is 5.69 Å². The van der Waals surface area contributed by atoms with Gasteiger partial charge in [-0.15, -0.1) is 5.10 Å². The van der Waals surface area contributed by atoms with Gasteiger partial charge in [0, 0.05) is 5.69 Å². The SMILES string of the molecule is [C-]#[N+]c1ccc(S(=O)(=O)c2nc(Nc3c4c(cc5c3CCC5)CCC4)n[nH]2)cc1. The van der Waals surface area contributed by atoms with E-state index in [0.29, 0.717) is 5.69 Å². The highest BCUT2D eigenvalue weighted by Gasteiger charge is 2.26. The van der Waals surface area contributed by atoms with Crippen LogP contribution in [-0.2, 0) is 35.5 Å². The van der Waals surface area contributed by atoms with Gasteiger partial charge in [0.2, 0.25) is 20.9 Å². The molecule has 2 aromatic carbocycles. The molecule has 146 valence electrons. The standard InChI is InChI=1S/C21H19N5O2S/c1-22-15-8-10-16(11-9-15)29(27,28)21-24-20(25-26-21)23-19-17-6-2-4-13(17)12-14-5-3-7-18(14)19/h8-12H,2-7H2,(H2,23,24,25,26). The summed E-state index contributed by atoms with van der Waals surface area (Å²) < 4.78 is 25.7. The fourth-order valence-corrected chi connectivity index (χ4v) is 5.40. The molecule has 0 fully saturated rings. The van der Waals surface area contributed by atoms with Crippen molar-refractivity contribution in [2.24, 2.45) is 0 Å². The molecule has 0 amide bonds. The monoisotopic (exact) mass is 405 g/mol. The van der Waals surface area contributed by atoms with Gasteiger partial charge in [0.05, 0.1) is 11.5 Å². The Labute approximate surface area is 168 Å². The summed E-state index contributed by atoms with van der Waals surface area (Å²) in [5.41, 5.74) is 6.85. The minimum Gasteiger partial charge on any atom is -0.322 e. The molecule has 0 saturated heterocycles. The normalized spacial score (nSPS) is 15.0. The third kappa shape index (κ3) is 2.98. The van der Waals surface area contributed by atoms with Crippen LogP contribution < -0.4 is 5.32 Å². The number of hydrogen-bond acceptors (Lipinski definition) is 5. The van der Waals surface area contributed by atoms with Crippen LogP contribution in [0.3, 0.4) is 0 Å². The van der Waals surface area contributed by atoms with Crippen molar-refractivity contribution >= 4 is 27.2 Å². The summed E-state index contributed by atoms with van der Waals surface area (Å²) in [6.45, 7) is 6.99. The average molecular weight is 405 g/mol. The van der Waals surface area contributed by atoms with E-state index in [1.165, 1.54) is 46.5 Å². The predicted octanol–water partition coefficient (Wildman–Crippen LogP) is 3.91. The van der Waals surface area contributed by atoms with Crippen LogP contribution in [0.2, 0.25) is 0 Å². The lowest BCUT2D eigenvalue weighted by atomic mass is 9.99. The summed E-state index contributed by atoms with van der Waals surface area (Å²) in [5, 5.41) is 9.77. The number of aromatic nitrogens is 3. The zero-order valence-electron chi connectivity index (χ0n) is 15.7. The molecule has 2 aliphatic rings. The van der Waals surface area contributed by atoms with E-state index in [-0.39, 0.29) is 16.0 Å². The van der Waals surface area contributed by atoms with Crippen LogP contribution in [0, 0.1) is 6.57 Å². The third-order valence-electron chi connectivity index (χ3n) is 5.71. The van der Waals surface area contributed by atoms with Crippen LogP contribution in [0.5, 0.6) is 0 Å². The molecule has 0 radical (unpaired) electrons. The lowest BCUT2D eigenvalue weighted by molar-refractivity contribution is 0.588. The molecule has 5 rings (SSSR count). The highest BCUT2D eigenvalue weighted by atomic mass is 32.2. The molecule has 0 aliphatic heterocycles. The highest BCUT2D eigenvalue weighted by Crippen LogP contribution is 2.39. The predicted molar refractivity (Wildman–Crippen MR) is 108 cm³/mol. The number of aromatic amines is 1. The fourth-order valence-electron chi connectivity index (χ4n) is 4.31. The van der Waals surface area contributed by atoms with Gasteiger partial charge in [0.25, 0.3) is 0 Å². The second-order valence-electron chi connectivity index (χ2n) is 7.43. The highest BCUT2D eigenvalue weighted by molar-refractivity contribution is 7.91. The van der Waals surface area contributed by atoms with Gasteiger partial charge < -0.3 is 5.32 Å². The summed E-state index contributed by atoms with van der Waals surface area (Å²) in [5.74, 6) is 0.260. The van der Waals surface area contributed by atoms with Gasteiger partial charge in [-0.25, -0.2) is 18.4 Å². The smallest absolute Gasteiger partial charge is 0.249 e. The Bertz CT molecular complexity index is 1220. The Hall–Kier alpha value is -3.18. The number of benzene rings is 2. The zero-order chi connectivity index (χ0) is 20.0. The van der Waals surface area contributed by atoms with Crippen molar-refractivity contribution in [3.63, 3.8) is 0 Å².